The number of hydrogen-bond donors (Lipinski definition) is 1. The molecule has 1 aromatic carbocycles. The Morgan fingerprint density at radius 2 is 2.12 bits per heavy atom. The van der Waals surface area contributed by atoms with Crippen LogP contribution in [-0.2, 0) is 22.4 Å². The molecule has 1 aliphatic carbocycles. The Morgan fingerprint density at radius 3 is 2.88 bits per heavy atom. The van der Waals surface area contributed by atoms with Gasteiger partial charge in [-0.1, -0.05) is 6.07 Å². The van der Waals surface area contributed by atoms with Crippen molar-refractivity contribution in [2.75, 3.05) is 5.32 Å². The number of ketones is 1. The second-order valence-corrected chi connectivity index (χ2v) is 3.76. The molecule has 80 valence electrons. The molecule has 1 N–H and O–H groups in total. The third-order valence-corrected chi connectivity index (χ3v) is 2.50. The summed E-state index contributed by atoms with van der Waals surface area (Å²) >= 11 is 0. The van der Waals surface area contributed by atoms with Crippen LogP contribution < -0.4 is 5.32 Å². The van der Waals surface area contributed by atoms with Gasteiger partial charge in [-0.15, -0.1) is 0 Å². The van der Waals surface area contributed by atoms with Gasteiger partial charge in [-0.25, -0.2) is 0 Å². The van der Waals surface area contributed by atoms with Gasteiger partial charge in [0.05, 0.1) is 6.07 Å². The Hall–Kier alpha value is -2.15. The number of anilines is 1. The topological polar surface area (TPSA) is 70.0 Å². The van der Waals surface area contributed by atoms with E-state index in [1.165, 1.54) is 0 Å². The van der Waals surface area contributed by atoms with Crippen LogP contribution in [0.3, 0.4) is 0 Å². The van der Waals surface area contributed by atoms with Gasteiger partial charge in [0.2, 0.25) is 5.91 Å². The van der Waals surface area contributed by atoms with Crippen molar-refractivity contribution >= 4 is 17.4 Å². The SMILES string of the molecule is N#CCC(=O)Nc1ccc2c(c1)CC(=O)C2. The van der Waals surface area contributed by atoms with Crippen molar-refractivity contribution in [3.05, 3.63) is 29.3 Å². The fraction of sp³-hybridized carbons (Fsp3) is 0.250. The van der Waals surface area contributed by atoms with E-state index in [0.717, 1.165) is 11.1 Å². The molecule has 1 amide bonds. The molecule has 2 rings (SSSR count). The van der Waals surface area contributed by atoms with Gasteiger partial charge in [0.15, 0.2) is 0 Å². The van der Waals surface area contributed by atoms with Crippen molar-refractivity contribution in [3.63, 3.8) is 0 Å². The molecule has 16 heavy (non-hydrogen) atoms. The molecule has 0 saturated heterocycles. The van der Waals surface area contributed by atoms with Crippen LogP contribution in [-0.4, -0.2) is 11.7 Å². The van der Waals surface area contributed by atoms with E-state index in [4.69, 9.17) is 5.26 Å². The number of carbonyl (C=O) groups is 2. The number of amides is 1. The third kappa shape index (κ3) is 2.09. The van der Waals surface area contributed by atoms with E-state index in [2.05, 4.69) is 5.32 Å². The lowest BCUT2D eigenvalue weighted by Crippen LogP contribution is -2.10. The lowest BCUT2D eigenvalue weighted by molar-refractivity contribution is -0.117. The Bertz CT molecular complexity index is 500. The van der Waals surface area contributed by atoms with Crippen LogP contribution in [0.2, 0.25) is 0 Å². The fourth-order valence-electron chi connectivity index (χ4n) is 1.81. The number of rotatable bonds is 2. The smallest absolute Gasteiger partial charge is 0.238 e. The molecule has 0 saturated carbocycles. The Morgan fingerprint density at radius 1 is 1.38 bits per heavy atom. The maximum Gasteiger partial charge on any atom is 0.238 e. The number of carbonyl (C=O) groups excluding carboxylic acids is 2. The van der Waals surface area contributed by atoms with Crippen molar-refractivity contribution < 1.29 is 9.59 Å². The van der Waals surface area contributed by atoms with Crippen molar-refractivity contribution in [2.45, 2.75) is 19.3 Å². The molecule has 0 aliphatic heterocycles. The quantitative estimate of drug-likeness (QED) is 0.804. The maximum absolute atomic E-state index is 11.2. The van der Waals surface area contributed by atoms with Gasteiger partial charge < -0.3 is 5.32 Å². The second-order valence-electron chi connectivity index (χ2n) is 3.76. The lowest BCUT2D eigenvalue weighted by Gasteiger charge is -2.04. The van der Waals surface area contributed by atoms with Crippen LogP contribution in [0, 0.1) is 11.3 Å². The summed E-state index contributed by atoms with van der Waals surface area (Å²) in [6.07, 6.45) is 0.773. The number of hydrogen-bond acceptors (Lipinski definition) is 3. The first-order valence-electron chi connectivity index (χ1n) is 4.99. The maximum atomic E-state index is 11.2. The van der Waals surface area contributed by atoms with Gasteiger partial charge in [0, 0.05) is 18.5 Å². The molecule has 0 fully saturated rings. The zero-order chi connectivity index (χ0) is 11.5. The second kappa shape index (κ2) is 4.15. The molecular weight excluding hydrogens is 204 g/mol. The minimum absolute atomic E-state index is 0.157. The number of nitrogens with zero attached hydrogens (tertiary/aromatic N) is 1. The first kappa shape index (κ1) is 10.4. The molecule has 1 aromatic rings. The van der Waals surface area contributed by atoms with Crippen LogP contribution in [0.4, 0.5) is 5.69 Å². The number of fused-ring (bicyclic) bond motifs is 1. The van der Waals surface area contributed by atoms with E-state index in [1.54, 1.807) is 18.2 Å². The summed E-state index contributed by atoms with van der Waals surface area (Å²) in [5.74, 6) is -0.123. The zero-order valence-electron chi connectivity index (χ0n) is 8.62. The standard InChI is InChI=1S/C12H10N2O2/c13-4-3-12(16)14-10-2-1-8-6-11(15)7-9(8)5-10/h1-2,5H,3,6-7H2,(H,14,16). The van der Waals surface area contributed by atoms with Crippen LogP contribution in [0.5, 0.6) is 0 Å². The summed E-state index contributed by atoms with van der Waals surface area (Å²) in [4.78, 5) is 22.4. The predicted molar refractivity (Wildman–Crippen MR) is 57.7 cm³/mol. The predicted octanol–water partition coefficient (Wildman–Crippen LogP) is 1.21. The van der Waals surface area contributed by atoms with Crippen molar-refractivity contribution in [1.82, 2.24) is 0 Å². The molecule has 0 heterocycles. The summed E-state index contributed by atoms with van der Waals surface area (Å²) in [5.41, 5.74) is 2.65. The number of benzene rings is 1. The van der Waals surface area contributed by atoms with Gasteiger partial charge in [-0.3, -0.25) is 9.59 Å². The van der Waals surface area contributed by atoms with Gasteiger partial charge in [-0.05, 0) is 23.3 Å². The molecule has 4 nitrogen and oxygen atoms in total. The fourth-order valence-corrected chi connectivity index (χ4v) is 1.81. The largest absolute Gasteiger partial charge is 0.325 e. The highest BCUT2D eigenvalue weighted by Gasteiger charge is 2.18. The first-order valence-corrected chi connectivity index (χ1v) is 4.99. The monoisotopic (exact) mass is 214 g/mol. The van der Waals surface area contributed by atoms with Gasteiger partial charge in [0.1, 0.15) is 12.2 Å². The van der Waals surface area contributed by atoms with Crippen LogP contribution >= 0.6 is 0 Å². The number of nitriles is 1. The first-order chi connectivity index (χ1) is 7.69. The Labute approximate surface area is 92.9 Å². The number of Topliss-reactive ketones (excluding diaryl/α,β-unsaturated/α-hetero) is 1. The highest BCUT2D eigenvalue weighted by molar-refractivity contribution is 5.93. The molecule has 0 bridgehead atoms. The molecule has 4 heteroatoms. The average Bonchev–Trinajstić information content (AvgIpc) is 2.57. The lowest BCUT2D eigenvalue weighted by atomic mass is 10.1. The molecule has 0 radical (unpaired) electrons. The normalized spacial score (nSPS) is 13.1. The number of nitrogens with one attached hydrogen (secondary N) is 1. The molecule has 0 unspecified atom stereocenters. The van der Waals surface area contributed by atoms with E-state index in [9.17, 15) is 9.59 Å². The highest BCUT2D eigenvalue weighted by Crippen LogP contribution is 2.23. The highest BCUT2D eigenvalue weighted by atomic mass is 16.1. The third-order valence-electron chi connectivity index (χ3n) is 2.50. The Kier molecular flexibility index (Phi) is 2.69. The van der Waals surface area contributed by atoms with Crippen LogP contribution in [0.1, 0.15) is 17.5 Å². The van der Waals surface area contributed by atoms with Crippen molar-refractivity contribution in [3.8, 4) is 6.07 Å². The summed E-state index contributed by atoms with van der Waals surface area (Å²) in [6.45, 7) is 0. The Balaban J connectivity index is 2.14. The van der Waals surface area contributed by atoms with Crippen molar-refractivity contribution in [1.29, 1.82) is 5.26 Å². The zero-order valence-corrected chi connectivity index (χ0v) is 8.62. The van der Waals surface area contributed by atoms with Crippen LogP contribution in [0.25, 0.3) is 0 Å². The minimum atomic E-state index is -0.327. The van der Waals surface area contributed by atoms with Crippen LogP contribution in [0.15, 0.2) is 18.2 Å². The average molecular weight is 214 g/mol. The van der Waals surface area contributed by atoms with E-state index in [1.807, 2.05) is 6.07 Å². The summed E-state index contributed by atoms with van der Waals surface area (Å²) < 4.78 is 0. The molecule has 0 spiro atoms. The van der Waals surface area contributed by atoms with Gasteiger partial charge in [0.25, 0.3) is 0 Å². The molecule has 1 aliphatic rings. The minimum Gasteiger partial charge on any atom is -0.325 e. The summed E-state index contributed by atoms with van der Waals surface area (Å²) in [5, 5.41) is 11.0. The van der Waals surface area contributed by atoms with Gasteiger partial charge >= 0.3 is 0 Å². The van der Waals surface area contributed by atoms with Crippen molar-refractivity contribution in [2.24, 2.45) is 0 Å². The molecule has 0 aromatic heterocycles. The summed E-state index contributed by atoms with van der Waals surface area (Å²) in [6, 6.07) is 7.19. The van der Waals surface area contributed by atoms with E-state index < -0.39 is 0 Å². The van der Waals surface area contributed by atoms with E-state index >= 15 is 0 Å². The molecular formula is C12H10N2O2. The van der Waals surface area contributed by atoms with E-state index in [0.29, 0.717) is 18.5 Å². The van der Waals surface area contributed by atoms with Gasteiger partial charge in [-0.2, -0.15) is 5.26 Å². The van der Waals surface area contributed by atoms with E-state index in [-0.39, 0.29) is 18.1 Å². The molecule has 0 atom stereocenters. The summed E-state index contributed by atoms with van der Waals surface area (Å²) in [7, 11) is 0.